The van der Waals surface area contributed by atoms with Crippen LogP contribution in [0.3, 0.4) is 0 Å². The van der Waals surface area contributed by atoms with Crippen molar-refractivity contribution in [2.45, 2.75) is 38.5 Å². The molecule has 0 unspecified atom stereocenters. The maximum absolute atomic E-state index is 13.1. The molecule has 0 saturated carbocycles. The molecule has 2 aliphatic rings. The van der Waals surface area contributed by atoms with Crippen LogP contribution in [0.25, 0.3) is 0 Å². The van der Waals surface area contributed by atoms with Gasteiger partial charge in [-0.05, 0) is 44.2 Å². The van der Waals surface area contributed by atoms with Gasteiger partial charge >= 0.3 is 0 Å². The summed E-state index contributed by atoms with van der Waals surface area (Å²) in [6.07, 6.45) is 7.05. The minimum absolute atomic E-state index is 0.0393. The number of benzene rings is 1. The average molecular weight is 428 g/mol. The molecule has 2 aromatic rings. The summed E-state index contributed by atoms with van der Waals surface area (Å²) in [5.74, 6) is 1.09. The molecule has 2 aliphatic heterocycles. The first kappa shape index (κ1) is 20.8. The van der Waals surface area contributed by atoms with E-state index in [-0.39, 0.29) is 17.2 Å². The summed E-state index contributed by atoms with van der Waals surface area (Å²) in [6, 6.07) is 9.77. The molecule has 2 amide bonds. The lowest BCUT2D eigenvalue weighted by molar-refractivity contribution is -0.136. The lowest BCUT2D eigenvalue weighted by Gasteiger charge is -2.42. The topological polar surface area (TPSA) is 62.7 Å². The Kier molecular flexibility index (Phi) is 6.67. The number of nitrogens with zero attached hydrogens (tertiary/aromatic N) is 3. The second-order valence-corrected chi connectivity index (χ2v) is 9.26. The van der Waals surface area contributed by atoms with Crippen molar-refractivity contribution in [2.24, 2.45) is 5.41 Å². The van der Waals surface area contributed by atoms with Crippen molar-refractivity contribution in [3.63, 3.8) is 0 Å². The van der Waals surface area contributed by atoms with E-state index in [1.54, 1.807) is 11.7 Å². The Morgan fingerprint density at radius 1 is 1.00 bits per heavy atom. The number of para-hydroxylation sites is 1. The van der Waals surface area contributed by atoms with E-state index in [9.17, 15) is 9.59 Å². The van der Waals surface area contributed by atoms with E-state index < -0.39 is 0 Å². The van der Waals surface area contributed by atoms with Crippen molar-refractivity contribution < 1.29 is 14.3 Å². The Labute approximate surface area is 181 Å². The molecule has 160 valence electrons. The van der Waals surface area contributed by atoms with Crippen molar-refractivity contribution in [2.75, 3.05) is 32.8 Å². The van der Waals surface area contributed by atoms with Crippen molar-refractivity contribution in [1.29, 1.82) is 0 Å². The number of ether oxygens (including phenoxy) is 1. The summed E-state index contributed by atoms with van der Waals surface area (Å²) < 4.78 is 6.12. The number of carbonyl (C=O) groups excluding carboxylic acids is 2. The van der Waals surface area contributed by atoms with Gasteiger partial charge in [-0.15, -0.1) is 11.3 Å². The lowest BCUT2D eigenvalue weighted by Crippen LogP contribution is -2.48. The number of thiazole rings is 1. The highest BCUT2D eigenvalue weighted by atomic mass is 32.1. The second-order valence-electron chi connectivity index (χ2n) is 8.38. The van der Waals surface area contributed by atoms with Crippen molar-refractivity contribution in [3.8, 4) is 5.75 Å². The number of carbonyl (C=O) groups is 2. The van der Waals surface area contributed by atoms with Crippen LogP contribution in [-0.2, 0) is 4.79 Å². The Hall–Kier alpha value is -2.41. The maximum Gasteiger partial charge on any atom is 0.265 e. The SMILES string of the molecule is O=C(CC1(COc2ccccc2)CCN(C(=O)c2cncs2)CC1)N1CCCCC1. The van der Waals surface area contributed by atoms with Gasteiger partial charge in [-0.2, -0.15) is 0 Å². The largest absolute Gasteiger partial charge is 0.493 e. The molecule has 2 fully saturated rings. The number of hydrogen-bond donors (Lipinski definition) is 0. The van der Waals surface area contributed by atoms with Crippen molar-refractivity contribution in [3.05, 3.63) is 46.9 Å². The van der Waals surface area contributed by atoms with Crippen LogP contribution in [-0.4, -0.2) is 59.4 Å². The van der Waals surface area contributed by atoms with E-state index in [2.05, 4.69) is 4.98 Å². The lowest BCUT2D eigenvalue weighted by atomic mass is 9.75. The van der Waals surface area contributed by atoms with Gasteiger partial charge in [0.25, 0.3) is 5.91 Å². The first-order valence-electron chi connectivity index (χ1n) is 10.8. The Bertz CT molecular complexity index is 827. The Balaban J connectivity index is 1.43. The molecule has 1 aromatic carbocycles. The van der Waals surface area contributed by atoms with Gasteiger partial charge in [0.05, 0.1) is 18.3 Å². The van der Waals surface area contributed by atoms with Gasteiger partial charge < -0.3 is 14.5 Å². The normalized spacial score (nSPS) is 18.8. The number of piperidine rings is 2. The van der Waals surface area contributed by atoms with Crippen LogP contribution in [0.5, 0.6) is 5.75 Å². The van der Waals surface area contributed by atoms with E-state index in [0.717, 1.165) is 44.5 Å². The van der Waals surface area contributed by atoms with Crippen LogP contribution in [0.2, 0.25) is 0 Å². The first-order chi connectivity index (χ1) is 14.7. The fourth-order valence-corrected chi connectivity index (χ4v) is 4.95. The number of aromatic nitrogens is 1. The highest BCUT2D eigenvalue weighted by Gasteiger charge is 2.40. The molecule has 1 aromatic heterocycles. The monoisotopic (exact) mass is 427 g/mol. The predicted molar refractivity (Wildman–Crippen MR) is 117 cm³/mol. The molecule has 0 atom stereocenters. The zero-order valence-corrected chi connectivity index (χ0v) is 18.1. The highest BCUT2D eigenvalue weighted by molar-refractivity contribution is 7.11. The summed E-state index contributed by atoms with van der Waals surface area (Å²) in [4.78, 5) is 34.4. The molecule has 4 rings (SSSR count). The molecule has 30 heavy (non-hydrogen) atoms. The molecular weight excluding hydrogens is 398 g/mol. The number of likely N-dealkylation sites (tertiary alicyclic amines) is 2. The van der Waals surface area contributed by atoms with E-state index >= 15 is 0 Å². The number of amides is 2. The van der Waals surface area contributed by atoms with Crippen LogP contribution in [0.4, 0.5) is 0 Å². The average Bonchev–Trinajstić information content (AvgIpc) is 3.34. The van der Waals surface area contributed by atoms with E-state index in [1.165, 1.54) is 17.8 Å². The van der Waals surface area contributed by atoms with E-state index in [4.69, 9.17) is 4.74 Å². The minimum atomic E-state index is -0.241. The molecule has 0 radical (unpaired) electrons. The molecule has 0 spiro atoms. The van der Waals surface area contributed by atoms with Gasteiger partial charge in [0.2, 0.25) is 5.91 Å². The summed E-state index contributed by atoms with van der Waals surface area (Å²) in [7, 11) is 0. The zero-order valence-electron chi connectivity index (χ0n) is 17.3. The fraction of sp³-hybridized carbons (Fsp3) is 0.522. The quantitative estimate of drug-likeness (QED) is 0.703. The standard InChI is InChI=1S/C23H29N3O3S/c27-21(25-11-5-2-6-12-25)15-23(17-29-19-7-3-1-4-8-19)9-13-26(14-10-23)22(28)20-16-24-18-30-20/h1,3-4,7-8,16,18H,2,5-6,9-15,17H2. The summed E-state index contributed by atoms with van der Waals surface area (Å²) >= 11 is 1.37. The second kappa shape index (κ2) is 9.60. The molecule has 3 heterocycles. The van der Waals surface area contributed by atoms with Gasteiger partial charge in [-0.25, -0.2) is 0 Å². The molecule has 2 saturated heterocycles. The van der Waals surface area contributed by atoms with E-state index in [0.29, 0.717) is 31.0 Å². The highest BCUT2D eigenvalue weighted by Crippen LogP contribution is 2.37. The smallest absolute Gasteiger partial charge is 0.265 e. The predicted octanol–water partition coefficient (Wildman–Crippen LogP) is 3.85. The summed E-state index contributed by atoms with van der Waals surface area (Å²) in [6.45, 7) is 3.51. The molecule has 6 nitrogen and oxygen atoms in total. The van der Waals surface area contributed by atoms with Crippen LogP contribution < -0.4 is 4.74 Å². The third kappa shape index (κ3) is 5.01. The van der Waals surface area contributed by atoms with Crippen LogP contribution in [0.1, 0.15) is 48.2 Å². The maximum atomic E-state index is 13.1. The van der Waals surface area contributed by atoms with Gasteiger partial charge in [-0.1, -0.05) is 18.2 Å². The molecule has 0 N–H and O–H groups in total. The van der Waals surface area contributed by atoms with Crippen LogP contribution in [0, 0.1) is 5.41 Å². The third-order valence-corrected chi connectivity index (χ3v) is 7.04. The summed E-state index contributed by atoms with van der Waals surface area (Å²) in [5, 5.41) is 0. The van der Waals surface area contributed by atoms with Gasteiger partial charge in [-0.3, -0.25) is 14.6 Å². The van der Waals surface area contributed by atoms with Crippen molar-refractivity contribution >= 4 is 23.2 Å². The van der Waals surface area contributed by atoms with Crippen LogP contribution in [0.15, 0.2) is 42.0 Å². The van der Waals surface area contributed by atoms with Gasteiger partial charge in [0.15, 0.2) is 0 Å². The van der Waals surface area contributed by atoms with Crippen LogP contribution >= 0.6 is 11.3 Å². The van der Waals surface area contributed by atoms with Crippen molar-refractivity contribution in [1.82, 2.24) is 14.8 Å². The number of hydrogen-bond acceptors (Lipinski definition) is 5. The zero-order chi connectivity index (χ0) is 20.8. The Morgan fingerprint density at radius 2 is 1.73 bits per heavy atom. The third-order valence-electron chi connectivity index (χ3n) is 6.28. The molecule has 0 aliphatic carbocycles. The minimum Gasteiger partial charge on any atom is -0.493 e. The van der Waals surface area contributed by atoms with Gasteiger partial charge in [0.1, 0.15) is 10.6 Å². The Morgan fingerprint density at radius 3 is 2.40 bits per heavy atom. The molecule has 7 heteroatoms. The summed E-state index contributed by atoms with van der Waals surface area (Å²) in [5.41, 5.74) is 1.45. The van der Waals surface area contributed by atoms with E-state index in [1.807, 2.05) is 40.1 Å². The molecule has 0 bridgehead atoms. The molecular formula is C23H29N3O3S. The first-order valence-corrected chi connectivity index (χ1v) is 11.7. The fourth-order valence-electron chi connectivity index (χ4n) is 4.36. The number of rotatable bonds is 6. The van der Waals surface area contributed by atoms with Gasteiger partial charge in [0, 0.05) is 38.0 Å².